The molecule has 0 unspecified atom stereocenters. The second kappa shape index (κ2) is 10.7. The standard InChI is InChI=1S/C20H32N4O6/c25-14-23(29)13-16(12-15-4-1-2-5-15)19(27)24-7-3-6-17(24)18(26)21-20(28)22-8-10-30-11-9-22/h14-17,29H,1-13H2,(H,21,26,28)/t16-,17-/m1/s1. The first-order valence-electron chi connectivity index (χ1n) is 10.9. The van der Waals surface area contributed by atoms with Crippen LogP contribution in [0.4, 0.5) is 4.79 Å². The summed E-state index contributed by atoms with van der Waals surface area (Å²) in [6.45, 7) is 2.06. The lowest BCUT2D eigenvalue weighted by molar-refractivity contribution is -0.158. The zero-order chi connectivity index (χ0) is 21.5. The number of ether oxygens (including phenoxy) is 1. The molecule has 3 fully saturated rings. The highest BCUT2D eigenvalue weighted by molar-refractivity contribution is 5.99. The maximum absolute atomic E-state index is 13.3. The summed E-state index contributed by atoms with van der Waals surface area (Å²) in [5.41, 5.74) is 0. The number of carbonyl (C=O) groups excluding carboxylic acids is 4. The fourth-order valence-corrected chi connectivity index (χ4v) is 4.74. The Bertz CT molecular complexity index is 633. The SMILES string of the molecule is O=CN(O)C[C@@H](CC1CCCC1)C(=O)N1CCC[C@@H]1C(=O)NC(=O)N1CCOCC1. The molecule has 0 radical (unpaired) electrons. The van der Waals surface area contributed by atoms with Gasteiger partial charge >= 0.3 is 6.03 Å². The molecule has 2 atom stereocenters. The number of nitrogens with one attached hydrogen (secondary N) is 1. The smallest absolute Gasteiger partial charge is 0.324 e. The van der Waals surface area contributed by atoms with Crippen molar-refractivity contribution >= 4 is 24.3 Å². The van der Waals surface area contributed by atoms with Crippen molar-refractivity contribution < 1.29 is 29.1 Å². The van der Waals surface area contributed by atoms with E-state index in [1.54, 1.807) is 0 Å². The van der Waals surface area contributed by atoms with Crippen molar-refractivity contribution in [2.45, 2.75) is 51.0 Å². The number of urea groups is 1. The van der Waals surface area contributed by atoms with Gasteiger partial charge < -0.3 is 14.5 Å². The summed E-state index contributed by atoms with van der Waals surface area (Å²) in [4.78, 5) is 52.3. The number of morpholine rings is 1. The zero-order valence-electron chi connectivity index (χ0n) is 17.3. The summed E-state index contributed by atoms with van der Waals surface area (Å²) in [5.74, 6) is -0.893. The van der Waals surface area contributed by atoms with Crippen LogP contribution in [-0.4, -0.2) is 89.8 Å². The summed E-state index contributed by atoms with van der Waals surface area (Å²) in [6, 6.07) is -1.18. The van der Waals surface area contributed by atoms with Crippen LogP contribution >= 0.6 is 0 Å². The van der Waals surface area contributed by atoms with Crippen molar-refractivity contribution in [2.24, 2.45) is 11.8 Å². The Hall–Kier alpha value is -2.20. The summed E-state index contributed by atoms with van der Waals surface area (Å²) < 4.78 is 5.22. The summed E-state index contributed by atoms with van der Waals surface area (Å²) in [7, 11) is 0. The fourth-order valence-electron chi connectivity index (χ4n) is 4.74. The number of nitrogens with zero attached hydrogens (tertiary/aromatic N) is 3. The second-order valence-corrected chi connectivity index (χ2v) is 8.39. The molecular formula is C20H32N4O6. The molecule has 1 aliphatic carbocycles. The van der Waals surface area contributed by atoms with Crippen LogP contribution < -0.4 is 5.32 Å². The van der Waals surface area contributed by atoms with Gasteiger partial charge in [0, 0.05) is 19.6 Å². The van der Waals surface area contributed by atoms with Crippen LogP contribution in [0, 0.1) is 11.8 Å². The molecule has 3 aliphatic rings. The van der Waals surface area contributed by atoms with E-state index in [0.717, 1.165) is 25.7 Å². The molecular weight excluding hydrogens is 392 g/mol. The van der Waals surface area contributed by atoms with E-state index in [2.05, 4.69) is 5.32 Å². The van der Waals surface area contributed by atoms with Crippen LogP contribution in [0.2, 0.25) is 0 Å². The highest BCUT2D eigenvalue weighted by atomic mass is 16.5. The highest BCUT2D eigenvalue weighted by Gasteiger charge is 2.39. The molecule has 0 aromatic heterocycles. The van der Waals surface area contributed by atoms with E-state index in [9.17, 15) is 24.4 Å². The van der Waals surface area contributed by atoms with Gasteiger partial charge in [-0.25, -0.2) is 9.86 Å². The molecule has 10 heteroatoms. The first-order chi connectivity index (χ1) is 14.5. The van der Waals surface area contributed by atoms with Crippen LogP contribution in [0.1, 0.15) is 44.9 Å². The number of hydrogen-bond donors (Lipinski definition) is 2. The van der Waals surface area contributed by atoms with Crippen molar-refractivity contribution in [1.82, 2.24) is 20.2 Å². The minimum Gasteiger partial charge on any atom is -0.378 e. The normalized spacial score (nSPS) is 23.3. The lowest BCUT2D eigenvalue weighted by Gasteiger charge is -2.31. The van der Waals surface area contributed by atoms with Crippen molar-refractivity contribution in [3.05, 3.63) is 0 Å². The summed E-state index contributed by atoms with van der Waals surface area (Å²) >= 11 is 0. The molecule has 2 aliphatic heterocycles. The Morgan fingerprint density at radius 1 is 1.10 bits per heavy atom. The number of amides is 5. The molecule has 3 rings (SSSR count). The fraction of sp³-hybridized carbons (Fsp3) is 0.800. The van der Waals surface area contributed by atoms with Crippen LogP contribution in [0.15, 0.2) is 0 Å². The molecule has 5 amide bonds. The van der Waals surface area contributed by atoms with Crippen molar-refractivity contribution in [3.8, 4) is 0 Å². The number of carbonyl (C=O) groups is 4. The zero-order valence-corrected chi connectivity index (χ0v) is 17.3. The topological polar surface area (TPSA) is 119 Å². The second-order valence-electron chi connectivity index (χ2n) is 8.39. The lowest BCUT2D eigenvalue weighted by Crippen LogP contribution is -2.54. The molecule has 2 saturated heterocycles. The van der Waals surface area contributed by atoms with Gasteiger partial charge in [0.1, 0.15) is 6.04 Å². The first kappa shape index (κ1) is 22.5. The van der Waals surface area contributed by atoms with Crippen molar-refractivity contribution in [3.63, 3.8) is 0 Å². The number of imide groups is 1. The molecule has 10 nitrogen and oxygen atoms in total. The number of rotatable bonds is 7. The van der Waals surface area contributed by atoms with Crippen LogP contribution in [0.25, 0.3) is 0 Å². The average molecular weight is 424 g/mol. The number of likely N-dealkylation sites (tertiary alicyclic amines) is 1. The van der Waals surface area contributed by atoms with Crippen molar-refractivity contribution in [1.29, 1.82) is 0 Å². The molecule has 30 heavy (non-hydrogen) atoms. The van der Waals surface area contributed by atoms with E-state index in [1.165, 1.54) is 9.80 Å². The lowest BCUT2D eigenvalue weighted by atomic mass is 9.91. The van der Waals surface area contributed by atoms with Gasteiger partial charge in [-0.2, -0.15) is 0 Å². The van der Waals surface area contributed by atoms with E-state index in [-0.39, 0.29) is 12.5 Å². The van der Waals surface area contributed by atoms with Crippen LogP contribution in [0.5, 0.6) is 0 Å². The predicted molar refractivity (Wildman–Crippen MR) is 105 cm³/mol. The maximum atomic E-state index is 13.3. The van der Waals surface area contributed by atoms with Gasteiger partial charge in [0.2, 0.25) is 12.3 Å². The third-order valence-corrected chi connectivity index (χ3v) is 6.34. The van der Waals surface area contributed by atoms with Crippen LogP contribution in [-0.2, 0) is 19.1 Å². The monoisotopic (exact) mass is 424 g/mol. The van der Waals surface area contributed by atoms with Gasteiger partial charge in [0.15, 0.2) is 0 Å². The molecule has 0 aromatic carbocycles. The quantitative estimate of drug-likeness (QED) is 0.351. The van der Waals surface area contributed by atoms with E-state index >= 15 is 0 Å². The van der Waals surface area contributed by atoms with Gasteiger partial charge in [-0.05, 0) is 25.2 Å². The van der Waals surface area contributed by atoms with Gasteiger partial charge in [-0.15, -0.1) is 0 Å². The Morgan fingerprint density at radius 3 is 2.47 bits per heavy atom. The minimum atomic E-state index is -0.711. The Kier molecular flexibility index (Phi) is 8.03. The molecule has 0 spiro atoms. The summed E-state index contributed by atoms with van der Waals surface area (Å²) in [6.07, 6.45) is 6.36. The van der Waals surface area contributed by atoms with E-state index in [4.69, 9.17) is 4.74 Å². The molecule has 1 saturated carbocycles. The molecule has 168 valence electrons. The van der Waals surface area contributed by atoms with Gasteiger partial charge in [-0.3, -0.25) is 24.9 Å². The Morgan fingerprint density at radius 2 is 1.80 bits per heavy atom. The summed E-state index contributed by atoms with van der Waals surface area (Å²) in [5, 5.41) is 12.6. The molecule has 0 bridgehead atoms. The minimum absolute atomic E-state index is 0.0869. The Labute approximate surface area is 176 Å². The third kappa shape index (κ3) is 5.69. The molecule has 0 aromatic rings. The molecule has 2 N–H and O–H groups in total. The third-order valence-electron chi connectivity index (χ3n) is 6.34. The largest absolute Gasteiger partial charge is 0.378 e. The van der Waals surface area contributed by atoms with E-state index in [1.807, 2.05) is 0 Å². The number of hydroxylamine groups is 2. The van der Waals surface area contributed by atoms with Gasteiger partial charge in [0.25, 0.3) is 5.91 Å². The van der Waals surface area contributed by atoms with Crippen LogP contribution in [0.3, 0.4) is 0 Å². The predicted octanol–water partition coefficient (Wildman–Crippen LogP) is 0.590. The van der Waals surface area contributed by atoms with Crippen molar-refractivity contribution in [2.75, 3.05) is 39.4 Å². The van der Waals surface area contributed by atoms with Gasteiger partial charge in [-0.1, -0.05) is 25.7 Å². The average Bonchev–Trinajstić information content (AvgIpc) is 3.45. The highest BCUT2D eigenvalue weighted by Crippen LogP contribution is 2.32. The van der Waals surface area contributed by atoms with E-state index < -0.39 is 23.9 Å². The Balaban J connectivity index is 1.63. The van der Waals surface area contributed by atoms with Gasteiger partial charge in [0.05, 0.1) is 25.7 Å². The molecule has 2 heterocycles. The first-order valence-corrected chi connectivity index (χ1v) is 10.9. The van der Waals surface area contributed by atoms with E-state index in [0.29, 0.717) is 69.5 Å². The maximum Gasteiger partial charge on any atom is 0.324 e. The number of hydrogen-bond acceptors (Lipinski definition) is 6.